The minimum Gasteiger partial charge on any atom is -0.458 e. The molecule has 2 saturated heterocycles. The number of carbonyl (C=O) groups excluding carboxylic acids is 1. The second kappa shape index (κ2) is 8.49. The minimum atomic E-state index is -1.02. The van der Waals surface area contributed by atoms with Crippen molar-refractivity contribution in [2.45, 2.75) is 127 Å². The van der Waals surface area contributed by atoms with Crippen molar-refractivity contribution in [2.24, 2.45) is 28.6 Å². The van der Waals surface area contributed by atoms with Crippen LogP contribution >= 0.6 is 0 Å². The Morgan fingerprint density at radius 3 is 2.58 bits per heavy atom. The monoisotopic (exact) mass is 532 g/mol. The SMILES string of the molecule is CO[C@H]1[C@@H](O)[C@@H](C)O[C@@H](O[C@H]2CC[C@@]3(C)[C@H](CCC45O[C@@]46CC[C@H](C4=CC(=O)OC4)[C@@]6(C)CC[C@@H]53)C2)[C@@H]1O. The van der Waals surface area contributed by atoms with Crippen LogP contribution in [0.3, 0.4) is 0 Å². The molecule has 6 fully saturated rings. The molecule has 0 aromatic heterocycles. The van der Waals surface area contributed by atoms with Crippen LogP contribution in [0.15, 0.2) is 11.6 Å². The highest BCUT2D eigenvalue weighted by molar-refractivity contribution is 5.85. The highest BCUT2D eigenvalue weighted by Gasteiger charge is 2.86. The first-order valence-corrected chi connectivity index (χ1v) is 14.9. The second-order valence-corrected chi connectivity index (χ2v) is 13.9. The molecule has 4 saturated carbocycles. The fraction of sp³-hybridized carbons (Fsp3) is 0.900. The zero-order valence-corrected chi connectivity index (χ0v) is 23.2. The maximum Gasteiger partial charge on any atom is 0.331 e. The summed E-state index contributed by atoms with van der Waals surface area (Å²) < 4.78 is 30.0. The summed E-state index contributed by atoms with van der Waals surface area (Å²) >= 11 is 0. The summed E-state index contributed by atoms with van der Waals surface area (Å²) in [5.74, 6) is 1.28. The predicted molar refractivity (Wildman–Crippen MR) is 136 cm³/mol. The van der Waals surface area contributed by atoms with Crippen molar-refractivity contribution in [3.63, 3.8) is 0 Å². The zero-order valence-electron chi connectivity index (χ0n) is 23.2. The first-order valence-electron chi connectivity index (χ1n) is 14.9. The van der Waals surface area contributed by atoms with E-state index in [9.17, 15) is 15.0 Å². The summed E-state index contributed by atoms with van der Waals surface area (Å²) in [7, 11) is 1.50. The maximum absolute atomic E-state index is 11.8. The number of esters is 1. The number of hydrogen-bond donors (Lipinski definition) is 2. The standard InChI is InChI=1S/C30H44O8/c1-16-23(32)25(34-4)24(33)26(36-16)37-19-6-9-27(2)18(14-19)5-11-29-21(27)8-10-28(3)20(7-12-30(28,29)38-29)17-13-22(31)35-15-17/h13,16,18-21,23-26,32-33H,5-12,14-15H2,1-4H3/t16-,18-,19+,20-,21-,23+,24-,25+,26+,27+,28-,29?,30-/m1/s1. The number of aliphatic hydroxyl groups excluding tert-OH is 2. The van der Waals surface area contributed by atoms with E-state index in [0.717, 1.165) is 51.4 Å². The highest BCUT2D eigenvalue weighted by Crippen LogP contribution is 2.81. The third kappa shape index (κ3) is 3.22. The summed E-state index contributed by atoms with van der Waals surface area (Å²) in [5.41, 5.74) is 1.36. The summed E-state index contributed by atoms with van der Waals surface area (Å²) in [6.45, 7) is 7.18. The van der Waals surface area contributed by atoms with Crippen LogP contribution in [-0.2, 0) is 28.5 Å². The third-order valence-electron chi connectivity index (χ3n) is 12.6. The van der Waals surface area contributed by atoms with Gasteiger partial charge in [-0.25, -0.2) is 4.79 Å². The molecule has 1 unspecified atom stereocenters. The third-order valence-corrected chi connectivity index (χ3v) is 12.6. The van der Waals surface area contributed by atoms with Crippen LogP contribution in [0.25, 0.3) is 0 Å². The van der Waals surface area contributed by atoms with Gasteiger partial charge in [-0.15, -0.1) is 0 Å². The summed E-state index contributed by atoms with van der Waals surface area (Å²) in [6, 6.07) is 0. The first-order chi connectivity index (χ1) is 18.1. The number of carbonyl (C=O) groups is 1. The molecule has 0 bridgehead atoms. The molecule has 38 heavy (non-hydrogen) atoms. The lowest BCUT2D eigenvalue weighted by Crippen LogP contribution is -2.60. The minimum absolute atomic E-state index is 0.0207. The van der Waals surface area contributed by atoms with Crippen LogP contribution in [0.5, 0.6) is 0 Å². The molecule has 0 radical (unpaired) electrons. The van der Waals surface area contributed by atoms with E-state index in [4.69, 9.17) is 23.7 Å². The quantitative estimate of drug-likeness (QED) is 0.323. The molecule has 7 aliphatic rings. The average Bonchev–Trinajstić information content (AvgIpc) is 3.20. The molecular weight excluding hydrogens is 488 g/mol. The van der Waals surface area contributed by atoms with Crippen molar-refractivity contribution in [2.75, 3.05) is 13.7 Å². The first kappa shape index (κ1) is 25.9. The fourth-order valence-electron chi connectivity index (χ4n) is 10.6. The van der Waals surface area contributed by atoms with Gasteiger partial charge in [0.25, 0.3) is 0 Å². The molecule has 212 valence electrons. The van der Waals surface area contributed by atoms with Crippen LogP contribution < -0.4 is 0 Å². The van der Waals surface area contributed by atoms with Gasteiger partial charge in [-0.2, -0.15) is 0 Å². The van der Waals surface area contributed by atoms with E-state index in [0.29, 0.717) is 24.4 Å². The molecule has 7 rings (SSSR count). The van der Waals surface area contributed by atoms with Crippen LogP contribution in [-0.4, -0.2) is 77.9 Å². The molecular formula is C30H44O8. The maximum atomic E-state index is 11.8. The Morgan fingerprint density at radius 1 is 1.03 bits per heavy atom. The summed E-state index contributed by atoms with van der Waals surface area (Å²) in [4.78, 5) is 11.8. The molecule has 8 heteroatoms. The van der Waals surface area contributed by atoms with E-state index in [1.165, 1.54) is 19.1 Å². The molecule has 0 aromatic rings. The van der Waals surface area contributed by atoms with Gasteiger partial charge < -0.3 is 33.9 Å². The van der Waals surface area contributed by atoms with E-state index in [1.807, 2.05) is 0 Å². The Bertz CT molecular complexity index is 1030. The normalized spacial score (nSPS) is 57.3. The van der Waals surface area contributed by atoms with Crippen molar-refractivity contribution in [1.29, 1.82) is 0 Å². The van der Waals surface area contributed by atoms with E-state index in [-0.39, 0.29) is 34.1 Å². The lowest BCUT2D eigenvalue weighted by atomic mass is 9.44. The lowest BCUT2D eigenvalue weighted by molar-refractivity contribution is -0.312. The molecule has 2 N–H and O–H groups in total. The number of fused-ring (bicyclic) bond motifs is 2. The van der Waals surface area contributed by atoms with Gasteiger partial charge in [-0.1, -0.05) is 13.8 Å². The van der Waals surface area contributed by atoms with Crippen LogP contribution in [0, 0.1) is 28.6 Å². The number of methoxy groups -OCH3 is 1. The van der Waals surface area contributed by atoms with Crippen molar-refractivity contribution in [1.82, 2.24) is 0 Å². The molecule has 2 spiro atoms. The van der Waals surface area contributed by atoms with Crippen molar-refractivity contribution in [3.8, 4) is 0 Å². The van der Waals surface area contributed by atoms with Crippen LogP contribution in [0.1, 0.15) is 78.6 Å². The van der Waals surface area contributed by atoms with Gasteiger partial charge in [0, 0.05) is 18.6 Å². The van der Waals surface area contributed by atoms with Gasteiger partial charge in [-0.3, -0.25) is 0 Å². The predicted octanol–water partition coefficient (Wildman–Crippen LogP) is 3.27. The average molecular weight is 533 g/mol. The molecule has 13 atom stereocenters. The van der Waals surface area contributed by atoms with Crippen LogP contribution in [0.2, 0.25) is 0 Å². The Kier molecular flexibility index (Phi) is 5.79. The molecule has 0 amide bonds. The number of aliphatic hydroxyl groups is 2. The number of ether oxygens (including phenoxy) is 5. The fourth-order valence-corrected chi connectivity index (χ4v) is 10.6. The Hall–Kier alpha value is -1.03. The summed E-state index contributed by atoms with van der Waals surface area (Å²) in [6.07, 6.45) is 7.59. The molecule has 3 aliphatic heterocycles. The zero-order chi connectivity index (χ0) is 26.7. The van der Waals surface area contributed by atoms with Gasteiger partial charge in [0.05, 0.1) is 12.2 Å². The molecule has 0 aromatic carbocycles. The van der Waals surface area contributed by atoms with Gasteiger partial charge in [-0.05, 0) is 93.5 Å². The van der Waals surface area contributed by atoms with Crippen molar-refractivity contribution in [3.05, 3.63) is 11.6 Å². The second-order valence-electron chi connectivity index (χ2n) is 13.9. The Morgan fingerprint density at radius 2 is 1.84 bits per heavy atom. The van der Waals surface area contributed by atoms with Gasteiger partial charge in [0.2, 0.25) is 0 Å². The van der Waals surface area contributed by atoms with E-state index in [2.05, 4.69) is 13.8 Å². The molecule has 4 aliphatic carbocycles. The van der Waals surface area contributed by atoms with Crippen molar-refractivity contribution >= 4 is 5.97 Å². The largest absolute Gasteiger partial charge is 0.458 e. The van der Waals surface area contributed by atoms with Gasteiger partial charge in [0.15, 0.2) is 6.29 Å². The smallest absolute Gasteiger partial charge is 0.331 e. The van der Waals surface area contributed by atoms with Gasteiger partial charge in [0.1, 0.15) is 36.1 Å². The highest BCUT2D eigenvalue weighted by atomic mass is 16.7. The van der Waals surface area contributed by atoms with Gasteiger partial charge >= 0.3 is 5.97 Å². The topological polar surface area (TPSA) is 107 Å². The van der Waals surface area contributed by atoms with E-state index < -0.39 is 30.7 Å². The molecule has 3 heterocycles. The number of hydrogen-bond acceptors (Lipinski definition) is 8. The number of epoxide rings is 1. The molecule has 8 nitrogen and oxygen atoms in total. The van der Waals surface area contributed by atoms with Crippen molar-refractivity contribution < 1.29 is 38.7 Å². The van der Waals surface area contributed by atoms with E-state index >= 15 is 0 Å². The Balaban J connectivity index is 1.07. The summed E-state index contributed by atoms with van der Waals surface area (Å²) in [5, 5.41) is 21.1. The van der Waals surface area contributed by atoms with E-state index in [1.54, 1.807) is 13.0 Å². The number of rotatable bonds is 4. The Labute approximate surface area is 225 Å². The lowest BCUT2D eigenvalue weighted by Gasteiger charge is -2.58. The van der Waals surface area contributed by atoms with Crippen LogP contribution in [0.4, 0.5) is 0 Å². The number of cyclic esters (lactones) is 1.